The van der Waals surface area contributed by atoms with Gasteiger partial charge in [-0.15, -0.1) is 0 Å². The SMILES string of the molecule is CCCOc1cc(CCC[C@@]2(Cn3ccnc3)OC[C@H](COS(=O)(=O)c3ccc(C)cc3)O2)cc(OCCC)c1. The molecule has 0 N–H and O–H groups in total. The molecule has 0 aliphatic carbocycles. The first-order valence-electron chi connectivity index (χ1n) is 13.9. The third-order valence-electron chi connectivity index (χ3n) is 6.52. The van der Waals surface area contributed by atoms with Crippen LogP contribution >= 0.6 is 0 Å². The number of aromatic nitrogens is 2. The topological polar surface area (TPSA) is 98.1 Å². The van der Waals surface area contributed by atoms with Crippen molar-refractivity contribution in [3.8, 4) is 11.5 Å². The van der Waals surface area contributed by atoms with E-state index in [1.807, 2.05) is 23.8 Å². The van der Waals surface area contributed by atoms with Gasteiger partial charge >= 0.3 is 0 Å². The molecule has 0 saturated carbocycles. The molecule has 4 rings (SSSR count). The lowest BCUT2D eigenvalue weighted by Gasteiger charge is -2.28. The average molecular weight is 573 g/mol. The third-order valence-corrected chi connectivity index (χ3v) is 7.82. The van der Waals surface area contributed by atoms with Crippen molar-refractivity contribution in [2.45, 2.75) is 76.2 Å². The Bertz CT molecular complexity index is 1270. The van der Waals surface area contributed by atoms with E-state index < -0.39 is 22.0 Å². The normalized spacial score (nSPS) is 19.1. The van der Waals surface area contributed by atoms with Gasteiger partial charge in [-0.1, -0.05) is 31.5 Å². The largest absolute Gasteiger partial charge is 0.493 e. The number of hydrogen-bond acceptors (Lipinski definition) is 8. The Morgan fingerprint density at radius 2 is 1.75 bits per heavy atom. The van der Waals surface area contributed by atoms with E-state index in [4.69, 9.17) is 23.1 Å². The van der Waals surface area contributed by atoms with Gasteiger partial charge in [0.1, 0.15) is 17.6 Å². The van der Waals surface area contributed by atoms with Gasteiger partial charge in [0.25, 0.3) is 10.1 Å². The van der Waals surface area contributed by atoms with Crippen LogP contribution in [0, 0.1) is 6.92 Å². The number of benzene rings is 2. The molecule has 0 bridgehead atoms. The highest BCUT2D eigenvalue weighted by atomic mass is 32.2. The maximum Gasteiger partial charge on any atom is 0.297 e. The maximum atomic E-state index is 12.7. The summed E-state index contributed by atoms with van der Waals surface area (Å²) in [6.07, 6.45) is 8.74. The molecular formula is C30H40N2O7S. The van der Waals surface area contributed by atoms with E-state index in [1.165, 1.54) is 0 Å². The molecule has 1 aromatic heterocycles. The van der Waals surface area contributed by atoms with Crippen molar-refractivity contribution in [2.75, 3.05) is 26.4 Å². The van der Waals surface area contributed by atoms with Crippen LogP contribution in [0.2, 0.25) is 0 Å². The number of nitrogens with zero attached hydrogens (tertiary/aromatic N) is 2. The molecule has 10 heteroatoms. The molecule has 0 radical (unpaired) electrons. The van der Waals surface area contributed by atoms with Gasteiger partial charge in [0.2, 0.25) is 0 Å². The first kappa shape index (κ1) is 30.0. The van der Waals surface area contributed by atoms with Crippen molar-refractivity contribution >= 4 is 10.1 Å². The van der Waals surface area contributed by atoms with E-state index in [2.05, 4.69) is 31.0 Å². The molecule has 0 spiro atoms. The summed E-state index contributed by atoms with van der Waals surface area (Å²) >= 11 is 0. The highest BCUT2D eigenvalue weighted by Gasteiger charge is 2.42. The maximum absolute atomic E-state index is 12.7. The number of rotatable bonds is 16. The minimum Gasteiger partial charge on any atom is -0.493 e. The number of imidazole rings is 1. The van der Waals surface area contributed by atoms with Crippen LogP contribution in [-0.2, 0) is 36.7 Å². The second-order valence-electron chi connectivity index (χ2n) is 10.1. The Kier molecular flexibility index (Phi) is 10.6. The highest BCUT2D eigenvalue weighted by molar-refractivity contribution is 7.86. The van der Waals surface area contributed by atoms with Crippen molar-refractivity contribution < 1.29 is 31.5 Å². The smallest absolute Gasteiger partial charge is 0.297 e. The van der Waals surface area contributed by atoms with Gasteiger partial charge in [0, 0.05) is 24.9 Å². The fraction of sp³-hybridized carbons (Fsp3) is 0.500. The van der Waals surface area contributed by atoms with Gasteiger partial charge in [0.15, 0.2) is 5.79 Å². The molecule has 1 saturated heterocycles. The van der Waals surface area contributed by atoms with Gasteiger partial charge < -0.3 is 23.5 Å². The minimum atomic E-state index is -3.90. The van der Waals surface area contributed by atoms with Crippen molar-refractivity contribution in [2.24, 2.45) is 0 Å². The first-order valence-corrected chi connectivity index (χ1v) is 15.3. The van der Waals surface area contributed by atoms with E-state index in [-0.39, 0.29) is 18.1 Å². The Morgan fingerprint density at radius 3 is 2.38 bits per heavy atom. The second kappa shape index (κ2) is 14.1. The number of hydrogen-bond donors (Lipinski definition) is 0. The quantitative estimate of drug-likeness (QED) is 0.213. The van der Waals surface area contributed by atoms with Crippen LogP contribution in [0.25, 0.3) is 0 Å². The standard InChI is InChI=1S/C30H40N2O7S/c1-4-15-35-26-17-25(18-27(19-26)36-16-5-2)7-6-12-30(22-32-14-13-31-23-32)37-20-28(39-30)21-38-40(33,34)29-10-8-24(3)9-11-29/h8-11,13-14,17-19,23,28H,4-7,12,15-16,20-22H2,1-3H3/t28-,30-/m1/s1. The molecule has 1 fully saturated rings. The monoisotopic (exact) mass is 572 g/mol. The molecule has 0 unspecified atom stereocenters. The van der Waals surface area contributed by atoms with Crippen molar-refractivity contribution in [1.29, 1.82) is 0 Å². The van der Waals surface area contributed by atoms with E-state index in [0.29, 0.717) is 26.2 Å². The summed E-state index contributed by atoms with van der Waals surface area (Å²) in [5.74, 6) is 0.679. The molecule has 40 heavy (non-hydrogen) atoms. The summed E-state index contributed by atoms with van der Waals surface area (Å²) in [6, 6.07) is 12.6. The van der Waals surface area contributed by atoms with Crippen LogP contribution in [0.3, 0.4) is 0 Å². The van der Waals surface area contributed by atoms with E-state index >= 15 is 0 Å². The molecule has 1 aliphatic rings. The average Bonchev–Trinajstić information content (AvgIpc) is 3.60. The zero-order chi connectivity index (χ0) is 28.4. The van der Waals surface area contributed by atoms with Gasteiger partial charge in [-0.25, -0.2) is 4.98 Å². The van der Waals surface area contributed by atoms with Gasteiger partial charge in [-0.2, -0.15) is 8.42 Å². The summed E-state index contributed by atoms with van der Waals surface area (Å²) in [4.78, 5) is 4.26. The zero-order valence-electron chi connectivity index (χ0n) is 23.6. The summed E-state index contributed by atoms with van der Waals surface area (Å²) in [6.45, 7) is 7.89. The van der Waals surface area contributed by atoms with Crippen LogP contribution in [0.15, 0.2) is 66.1 Å². The second-order valence-corrected chi connectivity index (χ2v) is 11.7. The Labute approximate surface area is 237 Å². The highest BCUT2D eigenvalue weighted by Crippen LogP contribution is 2.33. The molecule has 2 atom stereocenters. The Morgan fingerprint density at radius 1 is 1.05 bits per heavy atom. The molecule has 218 valence electrons. The first-order chi connectivity index (χ1) is 19.3. The van der Waals surface area contributed by atoms with Crippen LogP contribution in [0.4, 0.5) is 0 Å². The Hall–Kier alpha value is -2.92. The molecular weight excluding hydrogens is 532 g/mol. The third kappa shape index (κ3) is 8.54. The summed E-state index contributed by atoms with van der Waals surface area (Å²) < 4.78 is 57.0. The fourth-order valence-electron chi connectivity index (χ4n) is 4.53. The van der Waals surface area contributed by atoms with E-state index in [1.54, 1.807) is 36.8 Å². The van der Waals surface area contributed by atoms with Gasteiger partial charge in [-0.05, 0) is 62.4 Å². The van der Waals surface area contributed by atoms with Crippen LogP contribution < -0.4 is 9.47 Å². The van der Waals surface area contributed by atoms with E-state index in [0.717, 1.165) is 48.3 Å². The van der Waals surface area contributed by atoms with Crippen molar-refractivity contribution in [1.82, 2.24) is 9.55 Å². The fourth-order valence-corrected chi connectivity index (χ4v) is 5.47. The van der Waals surface area contributed by atoms with Crippen LogP contribution in [0.5, 0.6) is 11.5 Å². The molecule has 1 aliphatic heterocycles. The molecule has 0 amide bonds. The lowest BCUT2D eigenvalue weighted by molar-refractivity contribution is -0.185. The predicted octanol–water partition coefficient (Wildman–Crippen LogP) is 5.31. The Balaban J connectivity index is 1.40. The number of ether oxygens (including phenoxy) is 4. The lowest BCUT2D eigenvalue weighted by Crippen LogP contribution is -2.37. The lowest BCUT2D eigenvalue weighted by atomic mass is 10.0. The predicted molar refractivity (Wildman–Crippen MR) is 151 cm³/mol. The van der Waals surface area contributed by atoms with E-state index in [9.17, 15) is 8.42 Å². The molecule has 9 nitrogen and oxygen atoms in total. The summed E-state index contributed by atoms with van der Waals surface area (Å²) in [5, 5.41) is 0. The summed E-state index contributed by atoms with van der Waals surface area (Å²) in [7, 11) is -3.90. The molecule has 2 heterocycles. The van der Waals surface area contributed by atoms with Gasteiger partial charge in [0.05, 0.1) is 44.2 Å². The molecule has 3 aromatic rings. The van der Waals surface area contributed by atoms with Gasteiger partial charge in [-0.3, -0.25) is 4.18 Å². The van der Waals surface area contributed by atoms with Crippen molar-refractivity contribution in [3.05, 3.63) is 72.3 Å². The van der Waals surface area contributed by atoms with Crippen LogP contribution in [0.1, 0.15) is 50.7 Å². The zero-order valence-corrected chi connectivity index (χ0v) is 24.4. The minimum absolute atomic E-state index is 0.120. The molecule has 2 aromatic carbocycles. The van der Waals surface area contributed by atoms with Crippen molar-refractivity contribution in [3.63, 3.8) is 0 Å². The number of aryl methyl sites for hydroxylation is 2. The summed E-state index contributed by atoms with van der Waals surface area (Å²) in [5.41, 5.74) is 2.08. The van der Waals surface area contributed by atoms with Crippen LogP contribution in [-0.4, -0.2) is 56.3 Å².